The Bertz CT molecular complexity index is 71.7. The van der Waals surface area contributed by atoms with Crippen LogP contribution in [0, 0.1) is 0 Å². The lowest BCUT2D eigenvalue weighted by atomic mass is 10.4. The highest BCUT2D eigenvalue weighted by molar-refractivity contribution is 8.93. The zero-order valence-electron chi connectivity index (χ0n) is 5.62. The molecule has 1 aliphatic rings. The van der Waals surface area contributed by atoms with Gasteiger partial charge in [-0.15, -0.1) is 34.0 Å². The van der Waals surface area contributed by atoms with Crippen LogP contribution in [-0.2, 0) is 0 Å². The molecule has 0 radical (unpaired) electrons. The normalized spacial score (nSPS) is 26.4. The van der Waals surface area contributed by atoms with Crippen molar-refractivity contribution in [2.75, 3.05) is 19.6 Å². The third-order valence-electron chi connectivity index (χ3n) is 1.33. The molecule has 0 aliphatic carbocycles. The molecule has 0 spiro atoms. The van der Waals surface area contributed by atoms with E-state index in [1.54, 1.807) is 5.01 Å². The van der Waals surface area contributed by atoms with Gasteiger partial charge in [0.05, 0.1) is 6.17 Å². The first-order chi connectivity index (χ1) is 3.80. The van der Waals surface area contributed by atoms with Crippen LogP contribution in [0.5, 0.6) is 0 Å². The van der Waals surface area contributed by atoms with Crippen LogP contribution in [0.15, 0.2) is 0 Å². The van der Waals surface area contributed by atoms with Gasteiger partial charge in [-0.2, -0.15) is 0 Å². The molecule has 1 aliphatic heterocycles. The van der Waals surface area contributed by atoms with Crippen molar-refractivity contribution in [3.05, 3.63) is 0 Å². The smallest absolute Gasteiger partial charge is 0.0832 e. The predicted octanol–water partition coefficient (Wildman–Crippen LogP) is -0.794. The molecule has 1 atom stereocenters. The molecule has 0 aromatic carbocycles. The first-order valence-corrected chi connectivity index (χ1v) is 2.78. The van der Waals surface area contributed by atoms with Crippen LogP contribution in [0.2, 0.25) is 0 Å². The van der Waals surface area contributed by atoms with Crippen molar-refractivity contribution in [3.8, 4) is 0 Å². The highest BCUT2D eigenvalue weighted by atomic mass is 79.9. The second kappa shape index (κ2) is 6.51. The Labute approximate surface area is 81.8 Å². The van der Waals surface area contributed by atoms with Crippen molar-refractivity contribution < 1.29 is 0 Å². The second-order valence-corrected chi connectivity index (χ2v) is 2.01. The van der Waals surface area contributed by atoms with Crippen LogP contribution in [0.1, 0.15) is 0 Å². The molecule has 1 fully saturated rings. The molecule has 1 saturated heterocycles. The maximum Gasteiger partial charge on any atom is 0.0832 e. The fourth-order valence-electron chi connectivity index (χ4n) is 0.741. The molecule has 1 unspecified atom stereocenters. The molecule has 1 rings (SSSR count). The predicted molar refractivity (Wildman–Crippen MR) is 52.4 cm³/mol. The maximum absolute atomic E-state index is 5.52. The Kier molecular flexibility index (Phi) is 8.71. The Morgan fingerprint density at radius 3 is 2.30 bits per heavy atom. The van der Waals surface area contributed by atoms with Crippen LogP contribution in [0.4, 0.5) is 0 Å². The van der Waals surface area contributed by atoms with Gasteiger partial charge < -0.3 is 11.1 Å². The zero-order valence-corrected chi connectivity index (χ0v) is 9.04. The SMILES string of the molecule is Br.Br.NC1CNCCN1N. The molecule has 0 aromatic rings. The minimum Gasteiger partial charge on any atom is -0.314 e. The van der Waals surface area contributed by atoms with Gasteiger partial charge in [0, 0.05) is 19.6 Å². The summed E-state index contributed by atoms with van der Waals surface area (Å²) in [5.41, 5.74) is 5.52. The third kappa shape index (κ3) is 3.85. The first kappa shape index (κ1) is 13.4. The molecule has 10 heavy (non-hydrogen) atoms. The average molecular weight is 278 g/mol. The number of halogens is 2. The molecule has 0 bridgehead atoms. The summed E-state index contributed by atoms with van der Waals surface area (Å²) in [7, 11) is 0. The van der Waals surface area contributed by atoms with Crippen LogP contribution >= 0.6 is 34.0 Å². The number of hydrogen-bond donors (Lipinski definition) is 3. The Morgan fingerprint density at radius 1 is 1.40 bits per heavy atom. The van der Waals surface area contributed by atoms with Gasteiger partial charge in [-0.3, -0.25) is 5.84 Å². The van der Waals surface area contributed by atoms with Gasteiger partial charge in [0.2, 0.25) is 0 Å². The van der Waals surface area contributed by atoms with Crippen LogP contribution in [0.25, 0.3) is 0 Å². The van der Waals surface area contributed by atoms with E-state index in [2.05, 4.69) is 5.32 Å². The van der Waals surface area contributed by atoms with Gasteiger partial charge in [0.25, 0.3) is 0 Å². The number of piperazine rings is 1. The van der Waals surface area contributed by atoms with Gasteiger partial charge in [-0.1, -0.05) is 0 Å². The molecule has 5 N–H and O–H groups in total. The number of hydrazine groups is 1. The molecule has 0 amide bonds. The Morgan fingerprint density at radius 2 is 2.00 bits per heavy atom. The summed E-state index contributed by atoms with van der Waals surface area (Å²) in [6, 6.07) is 0. The topological polar surface area (TPSA) is 67.3 Å². The van der Waals surface area contributed by atoms with Gasteiger partial charge in [0.1, 0.15) is 0 Å². The van der Waals surface area contributed by atoms with Crippen LogP contribution in [0.3, 0.4) is 0 Å². The van der Waals surface area contributed by atoms with Gasteiger partial charge in [-0.25, -0.2) is 5.01 Å². The maximum atomic E-state index is 5.52. The minimum atomic E-state index is 0. The number of rotatable bonds is 0. The van der Waals surface area contributed by atoms with Crippen molar-refractivity contribution in [3.63, 3.8) is 0 Å². The highest BCUT2D eigenvalue weighted by Crippen LogP contribution is 1.86. The fourth-order valence-corrected chi connectivity index (χ4v) is 0.741. The van der Waals surface area contributed by atoms with Gasteiger partial charge in [-0.05, 0) is 0 Å². The lowest BCUT2D eigenvalue weighted by Crippen LogP contribution is -2.58. The van der Waals surface area contributed by atoms with Gasteiger partial charge in [0.15, 0.2) is 0 Å². The number of nitrogens with zero attached hydrogens (tertiary/aromatic N) is 1. The summed E-state index contributed by atoms with van der Waals surface area (Å²) in [5, 5.41) is 4.77. The summed E-state index contributed by atoms with van der Waals surface area (Å²) < 4.78 is 0. The largest absolute Gasteiger partial charge is 0.314 e. The highest BCUT2D eigenvalue weighted by Gasteiger charge is 2.12. The van der Waals surface area contributed by atoms with E-state index in [1.807, 2.05) is 0 Å². The lowest BCUT2D eigenvalue weighted by Gasteiger charge is -2.28. The van der Waals surface area contributed by atoms with E-state index in [9.17, 15) is 0 Å². The quantitative estimate of drug-likeness (QED) is 0.508. The summed E-state index contributed by atoms with van der Waals surface area (Å²) in [5.74, 6) is 5.45. The standard InChI is InChI=1S/C4H12N4.2BrH/c5-4-3-7-1-2-8(4)6;;/h4,7H,1-3,5-6H2;2*1H. The van der Waals surface area contributed by atoms with Crippen LogP contribution in [-0.4, -0.2) is 30.8 Å². The number of nitrogens with two attached hydrogens (primary N) is 2. The van der Waals surface area contributed by atoms with E-state index in [4.69, 9.17) is 11.6 Å². The Balaban J connectivity index is 0. The number of hydrogen-bond acceptors (Lipinski definition) is 4. The average Bonchev–Trinajstić information content (AvgIpc) is 1.77. The molecular formula is C4H14Br2N4. The lowest BCUT2D eigenvalue weighted by molar-refractivity contribution is 0.168. The van der Waals surface area contributed by atoms with E-state index >= 15 is 0 Å². The van der Waals surface area contributed by atoms with E-state index < -0.39 is 0 Å². The van der Waals surface area contributed by atoms with Gasteiger partial charge >= 0.3 is 0 Å². The van der Waals surface area contributed by atoms with E-state index in [1.165, 1.54) is 0 Å². The van der Waals surface area contributed by atoms with Crippen LogP contribution < -0.4 is 16.9 Å². The molecule has 4 nitrogen and oxygen atoms in total. The van der Waals surface area contributed by atoms with E-state index in [0.29, 0.717) is 0 Å². The van der Waals surface area contributed by atoms with Crippen molar-refractivity contribution in [1.29, 1.82) is 0 Å². The molecule has 0 saturated carbocycles. The van der Waals surface area contributed by atoms with Crippen molar-refractivity contribution in [1.82, 2.24) is 10.3 Å². The summed E-state index contributed by atoms with van der Waals surface area (Å²) in [6.45, 7) is 2.60. The molecule has 0 aromatic heterocycles. The monoisotopic (exact) mass is 276 g/mol. The fraction of sp³-hybridized carbons (Fsp3) is 1.00. The van der Waals surface area contributed by atoms with E-state index in [-0.39, 0.29) is 40.1 Å². The molecule has 1 heterocycles. The summed E-state index contributed by atoms with van der Waals surface area (Å²) in [4.78, 5) is 0. The number of nitrogens with one attached hydrogen (secondary N) is 1. The van der Waals surface area contributed by atoms with Crippen molar-refractivity contribution in [2.24, 2.45) is 11.6 Å². The summed E-state index contributed by atoms with van der Waals surface area (Å²) in [6.07, 6.45) is 0.00347. The van der Waals surface area contributed by atoms with Crippen molar-refractivity contribution >= 4 is 34.0 Å². The molecule has 64 valence electrons. The third-order valence-corrected chi connectivity index (χ3v) is 1.33. The van der Waals surface area contributed by atoms with Crippen molar-refractivity contribution in [2.45, 2.75) is 6.17 Å². The molecular weight excluding hydrogens is 264 g/mol. The first-order valence-electron chi connectivity index (χ1n) is 2.78. The Hall–Kier alpha value is 0.800. The second-order valence-electron chi connectivity index (χ2n) is 2.01. The zero-order chi connectivity index (χ0) is 5.98. The minimum absolute atomic E-state index is 0. The molecule has 6 heteroatoms. The summed E-state index contributed by atoms with van der Waals surface area (Å²) >= 11 is 0. The van der Waals surface area contributed by atoms with E-state index in [0.717, 1.165) is 19.6 Å².